The second-order valence-corrected chi connectivity index (χ2v) is 8.00. The minimum Gasteiger partial charge on any atom is -0.368 e. The van der Waals surface area contributed by atoms with Gasteiger partial charge in [0, 0.05) is 0 Å². The van der Waals surface area contributed by atoms with Crippen LogP contribution in [-0.2, 0) is 38.8 Å². The maximum absolute atomic E-state index is 13.9. The molecule has 0 aliphatic carbocycles. The highest BCUT2D eigenvalue weighted by molar-refractivity contribution is 5.15. The molecule has 1 fully saturated rings. The van der Waals surface area contributed by atoms with Crippen LogP contribution in [0.15, 0.2) is 91.0 Å². The predicted octanol–water partition coefficient (Wildman–Crippen LogP) is 4.43. The number of rotatable bonds is 10. The highest BCUT2D eigenvalue weighted by Crippen LogP contribution is 2.29. The van der Waals surface area contributed by atoms with Crippen molar-refractivity contribution in [3.63, 3.8) is 0 Å². The molecular weight excluding hydrogens is 423 g/mol. The Balaban J connectivity index is 1.53. The van der Waals surface area contributed by atoms with Crippen LogP contribution in [0.2, 0.25) is 0 Å². The Bertz CT molecular complexity index is 941. The number of halogens is 1. The standard InChI is InChI=1S/C27H29FO5/c28-16-23-24(30-17-20-10-4-1-5-11-20)25(31-18-21-12-6-2-7-13-21)26(27(29)33-23)32-19-22-14-8-3-9-15-22/h1-15,23-27,29H,16-19H2/t23?,24-,25?,26?,27+/m1/s1. The number of hydrogen-bond acceptors (Lipinski definition) is 5. The smallest absolute Gasteiger partial charge is 0.184 e. The number of ether oxygens (including phenoxy) is 4. The van der Waals surface area contributed by atoms with Gasteiger partial charge in [-0.2, -0.15) is 0 Å². The van der Waals surface area contributed by atoms with Crippen molar-refractivity contribution in [2.75, 3.05) is 6.67 Å². The van der Waals surface area contributed by atoms with E-state index in [0.717, 1.165) is 16.7 Å². The third kappa shape index (κ3) is 6.47. The van der Waals surface area contributed by atoms with Gasteiger partial charge >= 0.3 is 0 Å². The zero-order chi connectivity index (χ0) is 22.9. The Hall–Kier alpha value is -2.61. The van der Waals surface area contributed by atoms with Crippen molar-refractivity contribution in [1.82, 2.24) is 0 Å². The van der Waals surface area contributed by atoms with Crippen molar-refractivity contribution in [1.29, 1.82) is 0 Å². The van der Waals surface area contributed by atoms with Gasteiger partial charge in [0.05, 0.1) is 19.8 Å². The maximum atomic E-state index is 13.9. The number of hydrogen-bond donors (Lipinski definition) is 1. The highest BCUT2D eigenvalue weighted by Gasteiger charge is 2.47. The summed E-state index contributed by atoms with van der Waals surface area (Å²) in [6.45, 7) is -0.0262. The van der Waals surface area contributed by atoms with E-state index in [4.69, 9.17) is 18.9 Å². The Morgan fingerprint density at radius 3 is 1.42 bits per heavy atom. The van der Waals surface area contributed by atoms with Crippen molar-refractivity contribution in [2.24, 2.45) is 0 Å². The normalized spacial score (nSPS) is 25.1. The van der Waals surface area contributed by atoms with Gasteiger partial charge in [-0.25, -0.2) is 4.39 Å². The monoisotopic (exact) mass is 452 g/mol. The fourth-order valence-corrected chi connectivity index (χ4v) is 3.89. The molecule has 0 spiro atoms. The van der Waals surface area contributed by atoms with Crippen LogP contribution in [-0.4, -0.2) is 42.5 Å². The average molecular weight is 453 g/mol. The summed E-state index contributed by atoms with van der Waals surface area (Å²) in [5, 5.41) is 10.7. The first-order valence-electron chi connectivity index (χ1n) is 11.1. The minimum atomic E-state index is -1.34. The molecule has 1 N–H and O–H groups in total. The van der Waals surface area contributed by atoms with Crippen LogP contribution in [0.25, 0.3) is 0 Å². The maximum Gasteiger partial charge on any atom is 0.184 e. The molecule has 1 aliphatic rings. The molecule has 3 aromatic carbocycles. The van der Waals surface area contributed by atoms with E-state index in [-0.39, 0.29) is 19.8 Å². The van der Waals surface area contributed by atoms with Gasteiger partial charge in [-0.15, -0.1) is 0 Å². The fourth-order valence-electron chi connectivity index (χ4n) is 3.89. The summed E-state index contributed by atoms with van der Waals surface area (Å²) >= 11 is 0. The number of alkyl halides is 1. The molecule has 1 saturated heterocycles. The first-order chi connectivity index (χ1) is 16.2. The molecular formula is C27H29FO5. The Morgan fingerprint density at radius 2 is 1.00 bits per heavy atom. The lowest BCUT2D eigenvalue weighted by molar-refractivity contribution is -0.313. The fraction of sp³-hybridized carbons (Fsp3) is 0.333. The molecule has 1 aliphatic heterocycles. The quantitative estimate of drug-likeness (QED) is 0.493. The SMILES string of the molecule is O[C@H]1OC(CF)[C@@H](OCc2ccccc2)C(OCc2ccccc2)C1OCc1ccccc1. The van der Waals surface area contributed by atoms with E-state index in [0.29, 0.717) is 0 Å². The summed E-state index contributed by atoms with van der Waals surface area (Å²) < 4.78 is 37.9. The number of aliphatic hydroxyl groups excluding tert-OH is 1. The van der Waals surface area contributed by atoms with Gasteiger partial charge in [-0.3, -0.25) is 0 Å². The van der Waals surface area contributed by atoms with Crippen LogP contribution < -0.4 is 0 Å². The van der Waals surface area contributed by atoms with Crippen molar-refractivity contribution in [3.8, 4) is 0 Å². The van der Waals surface area contributed by atoms with E-state index in [1.807, 2.05) is 91.0 Å². The molecule has 5 atom stereocenters. The van der Waals surface area contributed by atoms with Crippen LogP contribution in [0.4, 0.5) is 4.39 Å². The summed E-state index contributed by atoms with van der Waals surface area (Å²) in [5.41, 5.74) is 2.85. The van der Waals surface area contributed by atoms with E-state index >= 15 is 0 Å². The predicted molar refractivity (Wildman–Crippen MR) is 122 cm³/mol. The van der Waals surface area contributed by atoms with Crippen molar-refractivity contribution < 1.29 is 28.4 Å². The topological polar surface area (TPSA) is 57.2 Å². The molecule has 33 heavy (non-hydrogen) atoms. The van der Waals surface area contributed by atoms with Crippen LogP contribution in [0.5, 0.6) is 0 Å². The van der Waals surface area contributed by atoms with Crippen LogP contribution in [0.1, 0.15) is 16.7 Å². The van der Waals surface area contributed by atoms with E-state index < -0.39 is 37.4 Å². The van der Waals surface area contributed by atoms with Gasteiger partial charge in [-0.1, -0.05) is 91.0 Å². The van der Waals surface area contributed by atoms with Gasteiger partial charge in [0.2, 0.25) is 0 Å². The van der Waals surface area contributed by atoms with E-state index in [1.165, 1.54) is 0 Å². The third-order valence-corrected chi connectivity index (χ3v) is 5.62. The Labute approximate surface area is 193 Å². The highest BCUT2D eigenvalue weighted by atomic mass is 19.1. The van der Waals surface area contributed by atoms with E-state index in [2.05, 4.69) is 0 Å². The van der Waals surface area contributed by atoms with Crippen LogP contribution >= 0.6 is 0 Å². The Morgan fingerprint density at radius 1 is 0.606 bits per heavy atom. The van der Waals surface area contributed by atoms with Gasteiger partial charge in [-0.05, 0) is 16.7 Å². The minimum absolute atomic E-state index is 0.253. The van der Waals surface area contributed by atoms with E-state index in [1.54, 1.807) is 0 Å². The molecule has 0 radical (unpaired) electrons. The van der Waals surface area contributed by atoms with Crippen molar-refractivity contribution in [2.45, 2.75) is 50.5 Å². The molecule has 3 unspecified atom stereocenters. The lowest BCUT2D eigenvalue weighted by Gasteiger charge is -2.43. The lowest BCUT2D eigenvalue weighted by atomic mass is 9.98. The van der Waals surface area contributed by atoms with Gasteiger partial charge in [0.15, 0.2) is 6.29 Å². The van der Waals surface area contributed by atoms with Gasteiger partial charge in [0.25, 0.3) is 0 Å². The van der Waals surface area contributed by atoms with E-state index in [9.17, 15) is 9.50 Å². The second-order valence-electron chi connectivity index (χ2n) is 8.00. The summed E-state index contributed by atoms with van der Waals surface area (Å²) in [5.74, 6) is 0. The average Bonchev–Trinajstić information content (AvgIpc) is 2.87. The molecule has 3 aromatic rings. The number of benzene rings is 3. The zero-order valence-corrected chi connectivity index (χ0v) is 18.3. The summed E-state index contributed by atoms with van der Waals surface area (Å²) in [6.07, 6.45) is -4.66. The lowest BCUT2D eigenvalue weighted by Crippen LogP contribution is -2.60. The van der Waals surface area contributed by atoms with Gasteiger partial charge < -0.3 is 24.1 Å². The van der Waals surface area contributed by atoms with Crippen molar-refractivity contribution in [3.05, 3.63) is 108 Å². The number of aliphatic hydroxyl groups is 1. The third-order valence-electron chi connectivity index (χ3n) is 5.62. The zero-order valence-electron chi connectivity index (χ0n) is 18.3. The molecule has 6 heteroatoms. The molecule has 0 saturated carbocycles. The van der Waals surface area contributed by atoms with Gasteiger partial charge in [0.1, 0.15) is 31.1 Å². The first-order valence-corrected chi connectivity index (χ1v) is 11.1. The molecule has 0 bridgehead atoms. The summed E-state index contributed by atoms with van der Waals surface area (Å²) in [4.78, 5) is 0. The van der Waals surface area contributed by atoms with Crippen LogP contribution in [0, 0.1) is 0 Å². The first kappa shape index (κ1) is 23.5. The molecule has 5 nitrogen and oxygen atoms in total. The molecule has 4 rings (SSSR count). The molecule has 0 aromatic heterocycles. The molecule has 1 heterocycles. The second kappa shape index (κ2) is 12.0. The van der Waals surface area contributed by atoms with Crippen molar-refractivity contribution >= 4 is 0 Å². The summed E-state index contributed by atoms with van der Waals surface area (Å²) in [6, 6.07) is 28.9. The summed E-state index contributed by atoms with van der Waals surface area (Å²) in [7, 11) is 0. The molecule has 0 amide bonds. The van der Waals surface area contributed by atoms with Crippen LogP contribution in [0.3, 0.4) is 0 Å². The molecule has 174 valence electrons. The largest absolute Gasteiger partial charge is 0.368 e. The Kier molecular flexibility index (Phi) is 8.58.